The highest BCUT2D eigenvalue weighted by Gasteiger charge is 2.05. The summed E-state index contributed by atoms with van der Waals surface area (Å²) in [6.45, 7) is 1.57. The Balaban J connectivity index is 1.83. The van der Waals surface area contributed by atoms with Gasteiger partial charge in [-0.1, -0.05) is 18.2 Å². The van der Waals surface area contributed by atoms with Crippen molar-refractivity contribution in [2.75, 3.05) is 13.2 Å². The fourth-order valence-corrected chi connectivity index (χ4v) is 1.89. The molecule has 0 unspecified atom stereocenters. The molecule has 0 fully saturated rings. The number of benzene rings is 1. The van der Waals surface area contributed by atoms with E-state index in [0.29, 0.717) is 6.54 Å². The lowest BCUT2D eigenvalue weighted by atomic mass is 10.1. The number of esters is 1. The van der Waals surface area contributed by atoms with Gasteiger partial charge in [-0.2, -0.15) is 0 Å². The van der Waals surface area contributed by atoms with Crippen molar-refractivity contribution < 1.29 is 14.3 Å². The summed E-state index contributed by atoms with van der Waals surface area (Å²) in [6, 6.07) is 8.02. The molecule has 1 amide bonds. The third kappa shape index (κ3) is 3.58. The molecular weight excluding hydrogens is 244 g/mol. The average Bonchev–Trinajstić information content (AvgIpc) is 2.80. The van der Waals surface area contributed by atoms with Crippen LogP contribution < -0.4 is 5.32 Å². The Bertz CT molecular complexity index is 589. The average molecular weight is 260 g/mol. The second-order valence-electron chi connectivity index (χ2n) is 4.24. The van der Waals surface area contributed by atoms with Crippen LogP contribution in [0.15, 0.2) is 30.5 Å². The van der Waals surface area contributed by atoms with E-state index >= 15 is 0 Å². The summed E-state index contributed by atoms with van der Waals surface area (Å²) in [5, 5.41) is 3.87. The van der Waals surface area contributed by atoms with Gasteiger partial charge in [-0.25, -0.2) is 0 Å². The third-order valence-corrected chi connectivity index (χ3v) is 2.80. The first-order chi connectivity index (χ1) is 9.16. The molecule has 0 aliphatic carbocycles. The number of fused-ring (bicyclic) bond motifs is 1. The van der Waals surface area contributed by atoms with E-state index in [0.717, 1.165) is 22.9 Å². The van der Waals surface area contributed by atoms with Crippen LogP contribution in [0.5, 0.6) is 0 Å². The SMILES string of the molecule is CC(=O)OCC(=O)NCCc1c[nH]c2ccccc12. The number of H-pyrrole nitrogens is 1. The Morgan fingerprint density at radius 1 is 1.32 bits per heavy atom. The molecule has 2 N–H and O–H groups in total. The topological polar surface area (TPSA) is 71.2 Å². The molecule has 2 aromatic rings. The summed E-state index contributed by atoms with van der Waals surface area (Å²) in [4.78, 5) is 25.1. The smallest absolute Gasteiger partial charge is 0.303 e. The lowest BCUT2D eigenvalue weighted by Crippen LogP contribution is -2.30. The number of hydrogen-bond acceptors (Lipinski definition) is 3. The number of aromatic amines is 1. The van der Waals surface area contributed by atoms with Gasteiger partial charge in [0.05, 0.1) is 0 Å². The molecule has 100 valence electrons. The molecule has 1 aromatic carbocycles. The predicted octanol–water partition coefficient (Wildman–Crippen LogP) is 1.39. The molecule has 0 saturated heterocycles. The van der Waals surface area contributed by atoms with Crippen molar-refractivity contribution >= 4 is 22.8 Å². The molecule has 2 rings (SSSR count). The molecule has 5 heteroatoms. The van der Waals surface area contributed by atoms with Crippen molar-refractivity contribution in [2.24, 2.45) is 0 Å². The predicted molar refractivity (Wildman–Crippen MR) is 71.6 cm³/mol. The highest BCUT2D eigenvalue weighted by atomic mass is 16.5. The molecule has 0 bridgehead atoms. The Morgan fingerprint density at radius 3 is 2.89 bits per heavy atom. The van der Waals surface area contributed by atoms with E-state index in [4.69, 9.17) is 0 Å². The molecule has 1 heterocycles. The van der Waals surface area contributed by atoms with Crippen LogP contribution >= 0.6 is 0 Å². The molecular formula is C14H16N2O3. The second-order valence-corrected chi connectivity index (χ2v) is 4.24. The fraction of sp³-hybridized carbons (Fsp3) is 0.286. The van der Waals surface area contributed by atoms with Gasteiger partial charge < -0.3 is 15.0 Å². The monoisotopic (exact) mass is 260 g/mol. The number of aromatic nitrogens is 1. The Hall–Kier alpha value is -2.30. The number of ether oxygens (including phenoxy) is 1. The summed E-state index contributed by atoms with van der Waals surface area (Å²) in [5.41, 5.74) is 2.24. The van der Waals surface area contributed by atoms with Crippen molar-refractivity contribution in [1.29, 1.82) is 0 Å². The van der Waals surface area contributed by atoms with Crippen LogP contribution in [0.2, 0.25) is 0 Å². The van der Waals surface area contributed by atoms with Crippen molar-refractivity contribution in [3.63, 3.8) is 0 Å². The molecule has 0 saturated carbocycles. The van der Waals surface area contributed by atoms with Crippen LogP contribution in [-0.2, 0) is 20.7 Å². The Kier molecular flexibility index (Phi) is 4.18. The first-order valence-corrected chi connectivity index (χ1v) is 6.12. The van der Waals surface area contributed by atoms with Crippen LogP contribution in [0.3, 0.4) is 0 Å². The molecule has 0 spiro atoms. The van der Waals surface area contributed by atoms with Gasteiger partial charge >= 0.3 is 5.97 Å². The van der Waals surface area contributed by atoms with Gasteiger partial charge in [0, 0.05) is 30.6 Å². The number of nitrogens with one attached hydrogen (secondary N) is 2. The van der Waals surface area contributed by atoms with Gasteiger partial charge in [-0.15, -0.1) is 0 Å². The molecule has 1 aromatic heterocycles. The van der Waals surface area contributed by atoms with E-state index in [1.165, 1.54) is 6.92 Å². The maximum absolute atomic E-state index is 11.3. The van der Waals surface area contributed by atoms with E-state index in [9.17, 15) is 9.59 Å². The molecule has 5 nitrogen and oxygen atoms in total. The Morgan fingerprint density at radius 2 is 2.11 bits per heavy atom. The van der Waals surface area contributed by atoms with Gasteiger partial charge in [0.15, 0.2) is 6.61 Å². The van der Waals surface area contributed by atoms with Crippen LogP contribution in [-0.4, -0.2) is 30.0 Å². The van der Waals surface area contributed by atoms with Crippen LogP contribution in [0.25, 0.3) is 10.9 Å². The van der Waals surface area contributed by atoms with E-state index in [-0.39, 0.29) is 12.5 Å². The Labute approximate surface area is 110 Å². The minimum atomic E-state index is -0.452. The van der Waals surface area contributed by atoms with Crippen LogP contribution in [0.1, 0.15) is 12.5 Å². The summed E-state index contributed by atoms with van der Waals surface area (Å²) >= 11 is 0. The zero-order valence-corrected chi connectivity index (χ0v) is 10.7. The van der Waals surface area contributed by atoms with Gasteiger partial charge in [0.25, 0.3) is 5.91 Å². The summed E-state index contributed by atoms with van der Waals surface area (Å²) in [5.74, 6) is -0.734. The molecule has 0 radical (unpaired) electrons. The van der Waals surface area contributed by atoms with Crippen LogP contribution in [0.4, 0.5) is 0 Å². The molecule has 0 aliphatic rings. The van der Waals surface area contributed by atoms with E-state index < -0.39 is 5.97 Å². The molecule has 0 aliphatic heterocycles. The largest absolute Gasteiger partial charge is 0.456 e. The van der Waals surface area contributed by atoms with Crippen molar-refractivity contribution in [3.05, 3.63) is 36.0 Å². The molecule has 19 heavy (non-hydrogen) atoms. The molecule has 0 atom stereocenters. The highest BCUT2D eigenvalue weighted by molar-refractivity contribution is 5.83. The zero-order chi connectivity index (χ0) is 13.7. The number of amides is 1. The number of carbonyl (C=O) groups excluding carboxylic acids is 2. The standard InChI is InChI=1S/C14H16N2O3/c1-10(17)19-9-14(18)15-7-6-11-8-16-13-5-3-2-4-12(11)13/h2-5,8,16H,6-7,9H2,1H3,(H,15,18). The quantitative estimate of drug-likeness (QED) is 0.798. The normalized spacial score (nSPS) is 10.4. The highest BCUT2D eigenvalue weighted by Crippen LogP contribution is 2.17. The van der Waals surface area contributed by atoms with Crippen LogP contribution in [0, 0.1) is 0 Å². The summed E-state index contributed by atoms with van der Waals surface area (Å²) < 4.78 is 4.60. The number of hydrogen-bond donors (Lipinski definition) is 2. The fourth-order valence-electron chi connectivity index (χ4n) is 1.89. The minimum absolute atomic E-state index is 0.219. The third-order valence-electron chi connectivity index (χ3n) is 2.80. The maximum Gasteiger partial charge on any atom is 0.303 e. The van der Waals surface area contributed by atoms with Crippen molar-refractivity contribution in [3.8, 4) is 0 Å². The number of carbonyl (C=O) groups is 2. The number of rotatable bonds is 5. The van der Waals surface area contributed by atoms with Gasteiger partial charge in [-0.3, -0.25) is 9.59 Å². The van der Waals surface area contributed by atoms with Crippen molar-refractivity contribution in [1.82, 2.24) is 10.3 Å². The van der Waals surface area contributed by atoms with E-state index in [2.05, 4.69) is 15.0 Å². The second kappa shape index (κ2) is 6.04. The maximum atomic E-state index is 11.3. The summed E-state index contributed by atoms with van der Waals surface area (Å²) in [7, 11) is 0. The van der Waals surface area contributed by atoms with E-state index in [1.807, 2.05) is 30.5 Å². The van der Waals surface area contributed by atoms with Gasteiger partial charge in [-0.05, 0) is 18.1 Å². The number of para-hydroxylation sites is 1. The first-order valence-electron chi connectivity index (χ1n) is 6.12. The first kappa shape index (κ1) is 13.1. The van der Waals surface area contributed by atoms with Crippen molar-refractivity contribution in [2.45, 2.75) is 13.3 Å². The van der Waals surface area contributed by atoms with Gasteiger partial charge in [0.2, 0.25) is 0 Å². The lowest BCUT2D eigenvalue weighted by molar-refractivity contribution is -0.146. The lowest BCUT2D eigenvalue weighted by Gasteiger charge is -2.04. The minimum Gasteiger partial charge on any atom is -0.456 e. The summed E-state index contributed by atoms with van der Waals surface area (Å²) in [6.07, 6.45) is 2.68. The zero-order valence-electron chi connectivity index (χ0n) is 10.7. The van der Waals surface area contributed by atoms with E-state index in [1.54, 1.807) is 0 Å². The van der Waals surface area contributed by atoms with Gasteiger partial charge in [0.1, 0.15) is 0 Å².